The first-order valence-electron chi connectivity index (χ1n) is 1.19. The van der Waals surface area contributed by atoms with Crippen molar-refractivity contribution in [2.24, 2.45) is 5.73 Å². The molecule has 0 aromatic carbocycles. The summed E-state index contributed by atoms with van der Waals surface area (Å²) in [5.41, 5.74) is 4.57. The third-order valence-corrected chi connectivity index (χ3v) is 0.175. The van der Waals surface area contributed by atoms with E-state index in [1.165, 1.54) is 0 Å². The summed E-state index contributed by atoms with van der Waals surface area (Å²) in [6, 6.07) is 0. The minimum absolute atomic E-state index is 0. The number of carboxylic acid groups (broad SMARTS) is 1. The molecule has 3 N–H and O–H groups in total. The van der Waals surface area contributed by atoms with Gasteiger partial charge in [0.25, 0.3) is 0 Å². The average molecular weight is 303 g/mol. The molecule has 0 atom stereocenters. The van der Waals surface area contributed by atoms with Gasteiger partial charge in [-0.05, 0) is 0 Å². The first-order chi connectivity index (χ1) is 2.27. The van der Waals surface area contributed by atoms with E-state index in [2.05, 4.69) is 5.73 Å². The summed E-state index contributed by atoms with van der Waals surface area (Å²) in [5.74, 6) is -0.968. The van der Waals surface area contributed by atoms with Crippen molar-refractivity contribution >= 4 is 60.6 Å². The molecule has 0 aromatic rings. The largest absolute Gasteiger partial charge is 3.00 e. The Labute approximate surface area is 108 Å². The molecule has 0 heterocycles. The van der Waals surface area contributed by atoms with E-state index >= 15 is 0 Å². The van der Waals surface area contributed by atoms with Crippen LogP contribution in [0.4, 0.5) is 0 Å². The number of carbonyl (C=O) groups is 1. The molecule has 0 radical (unpaired) electrons. The molecule has 0 aliphatic carbocycles. The fraction of sp³-hybridized carbons (Fsp3) is 0.500. The van der Waals surface area contributed by atoms with Crippen LogP contribution in [0.2, 0.25) is 0 Å². The van der Waals surface area contributed by atoms with Crippen LogP contribution in [0.15, 0.2) is 0 Å². The van der Waals surface area contributed by atoms with E-state index in [0.717, 1.165) is 0 Å². The predicted octanol–water partition coefficient (Wildman–Crippen LogP) is -0.0882. The van der Waals surface area contributed by atoms with Crippen LogP contribution in [-0.4, -0.2) is 35.0 Å². The zero-order valence-corrected chi connectivity index (χ0v) is 11.0. The fourth-order valence-corrected chi connectivity index (χ4v) is 0. The summed E-state index contributed by atoms with van der Waals surface area (Å²) in [5, 5.41) is 7.60. The fourth-order valence-electron chi connectivity index (χ4n) is 0. The predicted molar refractivity (Wildman–Crippen MR) is 44.2 cm³/mol. The molecule has 0 fully saturated rings. The summed E-state index contributed by atoms with van der Waals surface area (Å²) in [6.45, 7) is -0.278. The monoisotopic (exact) mass is 300 g/mol. The molecule has 0 rings (SSSR count). The minimum Gasteiger partial charge on any atom is -0.480 e. The summed E-state index contributed by atoms with van der Waals surface area (Å²) >= 11 is 0. The molecule has 56 valence electrons. The van der Waals surface area contributed by atoms with E-state index in [9.17, 15) is 4.79 Å². The van der Waals surface area contributed by atoms with Crippen molar-refractivity contribution in [3.05, 3.63) is 0 Å². The second kappa shape index (κ2) is 31.0. The number of nitrogens with two attached hydrogens (primary N) is 1. The first-order valence-corrected chi connectivity index (χ1v) is 1.19. The van der Waals surface area contributed by atoms with Gasteiger partial charge in [-0.15, -0.1) is 37.2 Å². The molecule has 0 aromatic heterocycles. The van der Waals surface area contributed by atoms with Gasteiger partial charge in [0.1, 0.15) is 0 Å². The molecule has 0 spiro atoms. The SMILES string of the molecule is Cl.Cl.Cl.NCC(=O)O.[Al+3].[Zr+2]. The Morgan fingerprint density at radius 1 is 1.30 bits per heavy atom. The Balaban J connectivity index is -0.00000000800. The Kier molecular flexibility index (Phi) is 127. The van der Waals surface area contributed by atoms with E-state index < -0.39 is 5.97 Å². The zero-order chi connectivity index (χ0) is 4.28. The first kappa shape index (κ1) is 41.2. The van der Waals surface area contributed by atoms with E-state index in [1.54, 1.807) is 0 Å². The van der Waals surface area contributed by atoms with Crippen LogP contribution in [0.3, 0.4) is 0 Å². The van der Waals surface area contributed by atoms with Gasteiger partial charge in [-0.2, -0.15) is 0 Å². The standard InChI is InChI=1S/C2H5NO2.Al.3ClH.Zr/c3-1-2(4)5;;;;;/h1,3H2,(H,4,5);;3*1H;/q;+3;;;;+2. The van der Waals surface area contributed by atoms with Crippen LogP contribution >= 0.6 is 37.2 Å². The third kappa shape index (κ3) is 53.5. The number of rotatable bonds is 1. The van der Waals surface area contributed by atoms with Gasteiger partial charge in [-0.25, -0.2) is 0 Å². The van der Waals surface area contributed by atoms with Crippen molar-refractivity contribution in [2.45, 2.75) is 0 Å². The summed E-state index contributed by atoms with van der Waals surface area (Å²) < 4.78 is 0. The van der Waals surface area contributed by atoms with Crippen LogP contribution in [0.1, 0.15) is 0 Å². The molecule has 0 unspecified atom stereocenters. The quantitative estimate of drug-likeness (QED) is 0.666. The van der Waals surface area contributed by atoms with Gasteiger partial charge in [-0.3, -0.25) is 4.79 Å². The van der Waals surface area contributed by atoms with E-state index in [1.807, 2.05) is 0 Å². The van der Waals surface area contributed by atoms with Crippen molar-refractivity contribution in [3.8, 4) is 0 Å². The van der Waals surface area contributed by atoms with E-state index in [-0.39, 0.29) is 87.3 Å². The second-order valence-corrected chi connectivity index (χ2v) is 0.598. The van der Waals surface area contributed by atoms with Crippen molar-refractivity contribution in [1.82, 2.24) is 0 Å². The van der Waals surface area contributed by atoms with E-state index in [0.29, 0.717) is 0 Å². The Hall–Kier alpha value is 1.72. The second-order valence-electron chi connectivity index (χ2n) is 0.598. The molecule has 0 saturated heterocycles. The molecular formula is C2H8AlCl3NO2Zr+5. The molecule has 0 bridgehead atoms. The smallest absolute Gasteiger partial charge is 0.480 e. The maximum absolute atomic E-state index is 9.24. The third-order valence-electron chi connectivity index (χ3n) is 0.175. The van der Waals surface area contributed by atoms with Crippen LogP contribution in [0.5, 0.6) is 0 Å². The topological polar surface area (TPSA) is 63.3 Å². The Morgan fingerprint density at radius 3 is 1.40 bits per heavy atom. The average Bonchev–Trinajstić information content (AvgIpc) is 1.38. The maximum Gasteiger partial charge on any atom is 3.00 e. The number of carboxylic acids is 1. The zero-order valence-electron chi connectivity index (χ0n) is 4.94. The van der Waals surface area contributed by atoms with Crippen molar-refractivity contribution in [1.29, 1.82) is 0 Å². The summed E-state index contributed by atoms with van der Waals surface area (Å²) in [6.07, 6.45) is 0. The molecular weight excluding hydrogens is 295 g/mol. The van der Waals surface area contributed by atoms with Crippen LogP contribution < -0.4 is 5.73 Å². The molecule has 0 amide bonds. The van der Waals surface area contributed by atoms with Crippen LogP contribution in [0.25, 0.3) is 0 Å². The molecule has 10 heavy (non-hydrogen) atoms. The Morgan fingerprint density at radius 2 is 1.40 bits per heavy atom. The number of aliphatic carboxylic acids is 1. The number of hydrogen-bond donors (Lipinski definition) is 2. The number of hydrogen-bond acceptors (Lipinski definition) is 2. The van der Waals surface area contributed by atoms with Crippen LogP contribution in [-0.2, 0) is 31.0 Å². The number of halogens is 3. The summed E-state index contributed by atoms with van der Waals surface area (Å²) in [7, 11) is 0. The molecule has 8 heteroatoms. The van der Waals surface area contributed by atoms with Gasteiger partial charge < -0.3 is 10.8 Å². The van der Waals surface area contributed by atoms with Crippen molar-refractivity contribution < 1.29 is 36.1 Å². The van der Waals surface area contributed by atoms with Gasteiger partial charge in [0.05, 0.1) is 6.54 Å². The molecule has 0 saturated carbocycles. The molecule has 0 aliphatic rings. The minimum atomic E-state index is -0.968. The molecule has 0 aliphatic heterocycles. The van der Waals surface area contributed by atoms with Gasteiger partial charge >= 0.3 is 49.5 Å². The van der Waals surface area contributed by atoms with Crippen LogP contribution in [0, 0.1) is 0 Å². The maximum atomic E-state index is 9.24. The Bertz CT molecular complexity index is 59.8. The normalized spacial score (nSPS) is 3.70. The van der Waals surface area contributed by atoms with E-state index in [4.69, 9.17) is 5.11 Å². The van der Waals surface area contributed by atoms with Gasteiger partial charge in [0.2, 0.25) is 0 Å². The summed E-state index contributed by atoms with van der Waals surface area (Å²) in [4.78, 5) is 9.24. The van der Waals surface area contributed by atoms with Crippen molar-refractivity contribution in [3.63, 3.8) is 0 Å². The van der Waals surface area contributed by atoms with Crippen molar-refractivity contribution in [2.75, 3.05) is 6.54 Å². The van der Waals surface area contributed by atoms with Gasteiger partial charge in [-0.1, -0.05) is 0 Å². The van der Waals surface area contributed by atoms with Gasteiger partial charge in [0.15, 0.2) is 0 Å². The van der Waals surface area contributed by atoms with Gasteiger partial charge in [0, 0.05) is 0 Å². The molecule has 3 nitrogen and oxygen atoms in total.